The fourth-order valence-corrected chi connectivity index (χ4v) is 3.68. The van der Waals surface area contributed by atoms with E-state index >= 15 is 0 Å². The summed E-state index contributed by atoms with van der Waals surface area (Å²) in [6.07, 6.45) is 2.36. The fraction of sp³-hybridized carbons (Fsp3) is 0.480. The highest BCUT2D eigenvalue weighted by Gasteiger charge is 2.37. The molecule has 0 N–H and O–H groups in total. The average Bonchev–Trinajstić information content (AvgIpc) is 3.17. The molecule has 2 amide bonds. The Morgan fingerprint density at radius 3 is 2.25 bits per heavy atom. The van der Waals surface area contributed by atoms with Crippen molar-refractivity contribution in [3.05, 3.63) is 54.2 Å². The van der Waals surface area contributed by atoms with Crippen molar-refractivity contribution in [3.8, 4) is 0 Å². The molecule has 3 rings (SSSR count). The van der Waals surface area contributed by atoms with Crippen LogP contribution in [0.3, 0.4) is 0 Å². The summed E-state index contributed by atoms with van der Waals surface area (Å²) in [5.41, 5.74) is 0.165. The Hall–Kier alpha value is -3.09. The van der Waals surface area contributed by atoms with Crippen LogP contribution in [-0.4, -0.2) is 39.8 Å². The van der Waals surface area contributed by atoms with Crippen LogP contribution < -0.4 is 4.90 Å². The van der Waals surface area contributed by atoms with Crippen LogP contribution in [0.5, 0.6) is 0 Å². The van der Waals surface area contributed by atoms with Gasteiger partial charge in [-0.2, -0.15) is 0 Å². The van der Waals surface area contributed by atoms with E-state index in [2.05, 4.69) is 4.98 Å². The molecule has 7 nitrogen and oxygen atoms in total. The minimum atomic E-state index is -0.672. The highest BCUT2D eigenvalue weighted by Crippen LogP contribution is 2.39. The van der Waals surface area contributed by atoms with E-state index in [1.54, 1.807) is 11.1 Å². The Morgan fingerprint density at radius 1 is 0.969 bits per heavy atom. The van der Waals surface area contributed by atoms with Crippen LogP contribution in [0.2, 0.25) is 0 Å². The number of nitrogens with zero attached hydrogens (tertiary/aromatic N) is 3. The van der Waals surface area contributed by atoms with Crippen molar-refractivity contribution >= 4 is 23.7 Å². The molecule has 2 heterocycles. The Labute approximate surface area is 190 Å². The van der Waals surface area contributed by atoms with E-state index in [1.807, 2.05) is 84.0 Å². The first-order chi connectivity index (χ1) is 15.0. The van der Waals surface area contributed by atoms with Crippen LogP contribution in [0.1, 0.15) is 66.0 Å². The molecule has 2 aromatic rings. The van der Waals surface area contributed by atoms with E-state index in [1.165, 1.54) is 4.90 Å². The van der Waals surface area contributed by atoms with Gasteiger partial charge in [0.2, 0.25) is 0 Å². The molecule has 7 heteroatoms. The molecule has 1 atom stereocenters. The molecule has 1 fully saturated rings. The topological polar surface area (TPSA) is 72.0 Å². The number of benzene rings is 1. The normalized spacial score (nSPS) is 16.6. The van der Waals surface area contributed by atoms with Crippen molar-refractivity contribution in [3.63, 3.8) is 0 Å². The molecule has 32 heavy (non-hydrogen) atoms. The number of rotatable bonds is 3. The molecule has 172 valence electrons. The summed E-state index contributed by atoms with van der Waals surface area (Å²) in [6, 6.07) is 12.8. The molecule has 0 aliphatic carbocycles. The van der Waals surface area contributed by atoms with Crippen LogP contribution in [0, 0.1) is 0 Å². The number of ether oxygens (including phenoxy) is 2. The van der Waals surface area contributed by atoms with Gasteiger partial charge in [0.15, 0.2) is 0 Å². The first-order valence-corrected chi connectivity index (χ1v) is 11.0. The summed E-state index contributed by atoms with van der Waals surface area (Å²) in [6.45, 7) is 11.6. The number of carbonyl (C=O) groups is 2. The van der Waals surface area contributed by atoms with Crippen LogP contribution in [0.4, 0.5) is 21.1 Å². The second-order valence-electron chi connectivity index (χ2n) is 9.90. The van der Waals surface area contributed by atoms with Gasteiger partial charge < -0.3 is 14.4 Å². The SMILES string of the molecule is CC(C)(C)OC(=O)N(c1ccccc1)c1ncccc1[C@@H]1CCCN1C(=O)OC(C)(C)C. The van der Waals surface area contributed by atoms with Crippen LogP contribution >= 0.6 is 0 Å². The summed E-state index contributed by atoms with van der Waals surface area (Å²) in [4.78, 5) is 34.0. The van der Waals surface area contributed by atoms with Crippen molar-refractivity contribution < 1.29 is 19.1 Å². The summed E-state index contributed by atoms with van der Waals surface area (Å²) in [5, 5.41) is 0. The monoisotopic (exact) mass is 439 g/mol. The van der Waals surface area contributed by atoms with E-state index in [0.717, 1.165) is 18.4 Å². The predicted octanol–water partition coefficient (Wildman–Crippen LogP) is 6.23. The molecular formula is C25H33N3O4. The lowest BCUT2D eigenvalue weighted by atomic mass is 10.0. The number of aromatic nitrogens is 1. The van der Waals surface area contributed by atoms with Gasteiger partial charge in [-0.1, -0.05) is 24.3 Å². The molecule has 0 radical (unpaired) electrons. The molecular weight excluding hydrogens is 406 g/mol. The van der Waals surface area contributed by atoms with Crippen LogP contribution in [-0.2, 0) is 9.47 Å². The molecule has 1 aliphatic heterocycles. The molecule has 0 saturated carbocycles. The van der Waals surface area contributed by atoms with Gasteiger partial charge in [-0.05, 0) is 72.6 Å². The van der Waals surface area contributed by atoms with E-state index in [4.69, 9.17) is 9.47 Å². The number of pyridine rings is 1. The van der Waals surface area contributed by atoms with Crippen molar-refractivity contribution in [2.45, 2.75) is 71.6 Å². The maximum Gasteiger partial charge on any atom is 0.420 e. The smallest absolute Gasteiger partial charge is 0.420 e. The van der Waals surface area contributed by atoms with E-state index < -0.39 is 17.3 Å². The Bertz CT molecular complexity index is 948. The molecule has 1 aliphatic rings. The Balaban J connectivity index is 2.03. The number of hydrogen-bond acceptors (Lipinski definition) is 5. The van der Waals surface area contributed by atoms with E-state index in [-0.39, 0.29) is 12.1 Å². The second-order valence-corrected chi connectivity index (χ2v) is 9.90. The van der Waals surface area contributed by atoms with Gasteiger partial charge in [-0.25, -0.2) is 19.5 Å². The maximum absolute atomic E-state index is 13.3. The standard InChI is InChI=1S/C25H33N3O4/c1-24(2,3)31-22(29)27-17-11-15-20(27)19-14-10-16-26-21(19)28(18-12-8-7-9-13-18)23(30)32-25(4,5)6/h7-10,12-14,16,20H,11,15,17H2,1-6H3/t20-/m0/s1. The minimum absolute atomic E-state index is 0.248. The number of para-hydroxylation sites is 1. The van der Waals surface area contributed by atoms with Gasteiger partial charge in [0, 0.05) is 18.3 Å². The Kier molecular flexibility index (Phi) is 6.77. The summed E-state index contributed by atoms with van der Waals surface area (Å²) < 4.78 is 11.3. The zero-order valence-electron chi connectivity index (χ0n) is 19.8. The van der Waals surface area contributed by atoms with Gasteiger partial charge in [0.05, 0.1) is 11.7 Å². The summed E-state index contributed by atoms with van der Waals surface area (Å²) >= 11 is 0. The van der Waals surface area contributed by atoms with Crippen molar-refractivity contribution in [2.75, 3.05) is 11.4 Å². The molecule has 1 aromatic carbocycles. The third-order valence-electron chi connectivity index (χ3n) is 4.86. The van der Waals surface area contributed by atoms with Crippen LogP contribution in [0.15, 0.2) is 48.7 Å². The highest BCUT2D eigenvalue weighted by atomic mass is 16.6. The number of likely N-dealkylation sites (tertiary alicyclic amines) is 1. The maximum atomic E-state index is 13.3. The van der Waals surface area contributed by atoms with E-state index in [0.29, 0.717) is 18.1 Å². The van der Waals surface area contributed by atoms with Gasteiger partial charge >= 0.3 is 12.2 Å². The Morgan fingerprint density at radius 2 is 1.62 bits per heavy atom. The first-order valence-electron chi connectivity index (χ1n) is 11.0. The molecule has 0 spiro atoms. The number of hydrogen-bond donors (Lipinski definition) is 0. The summed E-state index contributed by atoms with van der Waals surface area (Å²) in [5.74, 6) is 0.452. The minimum Gasteiger partial charge on any atom is -0.444 e. The van der Waals surface area contributed by atoms with Crippen molar-refractivity contribution in [1.29, 1.82) is 0 Å². The lowest BCUT2D eigenvalue weighted by molar-refractivity contribution is 0.0225. The largest absolute Gasteiger partial charge is 0.444 e. The molecule has 1 saturated heterocycles. The molecule has 0 bridgehead atoms. The third-order valence-corrected chi connectivity index (χ3v) is 4.86. The number of carbonyl (C=O) groups excluding carboxylic acids is 2. The average molecular weight is 440 g/mol. The first kappa shape index (κ1) is 23.6. The number of amides is 2. The number of anilines is 2. The predicted molar refractivity (Wildman–Crippen MR) is 124 cm³/mol. The molecule has 0 unspecified atom stereocenters. The van der Waals surface area contributed by atoms with Gasteiger partial charge in [0.25, 0.3) is 0 Å². The van der Waals surface area contributed by atoms with Crippen LogP contribution in [0.25, 0.3) is 0 Å². The molecule has 1 aromatic heterocycles. The lowest BCUT2D eigenvalue weighted by Crippen LogP contribution is -2.38. The van der Waals surface area contributed by atoms with Crippen molar-refractivity contribution in [2.24, 2.45) is 0 Å². The van der Waals surface area contributed by atoms with E-state index in [9.17, 15) is 9.59 Å². The zero-order valence-corrected chi connectivity index (χ0v) is 19.8. The zero-order chi connectivity index (χ0) is 23.5. The van der Waals surface area contributed by atoms with Gasteiger partial charge in [-0.3, -0.25) is 0 Å². The van der Waals surface area contributed by atoms with Gasteiger partial charge in [0.1, 0.15) is 17.0 Å². The van der Waals surface area contributed by atoms with Crippen molar-refractivity contribution in [1.82, 2.24) is 9.88 Å². The quantitative estimate of drug-likeness (QED) is 0.567. The lowest BCUT2D eigenvalue weighted by Gasteiger charge is -2.32. The highest BCUT2D eigenvalue weighted by molar-refractivity contribution is 5.96. The van der Waals surface area contributed by atoms with Gasteiger partial charge in [-0.15, -0.1) is 0 Å². The second kappa shape index (κ2) is 9.18. The summed E-state index contributed by atoms with van der Waals surface area (Å²) in [7, 11) is 0. The fourth-order valence-electron chi connectivity index (χ4n) is 3.68. The third kappa shape index (κ3) is 5.78.